The first-order valence-corrected chi connectivity index (χ1v) is 23.6. The van der Waals surface area contributed by atoms with E-state index in [9.17, 15) is 29.1 Å². The van der Waals surface area contributed by atoms with Crippen LogP contribution >= 0.6 is 11.6 Å². The molecular formula is C50H71ClFN3O7. The van der Waals surface area contributed by atoms with Crippen LogP contribution in [0.1, 0.15) is 150 Å². The van der Waals surface area contributed by atoms with Crippen LogP contribution in [0, 0.1) is 68.0 Å². The third-order valence-electron chi connectivity index (χ3n) is 18.7. The molecule has 6 aliphatic rings. The van der Waals surface area contributed by atoms with Crippen LogP contribution in [0.4, 0.5) is 4.39 Å². The number of carboxylic acid groups (broad SMARTS) is 1. The lowest BCUT2D eigenvalue weighted by Gasteiger charge is -2.72. The first-order valence-electron chi connectivity index (χ1n) is 23.2. The molecule has 0 saturated heterocycles. The van der Waals surface area contributed by atoms with Crippen molar-refractivity contribution in [2.45, 2.75) is 151 Å². The van der Waals surface area contributed by atoms with Crippen molar-refractivity contribution in [2.24, 2.45) is 73.7 Å². The number of halogens is 2. The molecule has 1 aromatic carbocycles. The van der Waals surface area contributed by atoms with E-state index in [2.05, 4.69) is 59.1 Å². The van der Waals surface area contributed by atoms with E-state index in [0.717, 1.165) is 56.1 Å². The number of carbonyl (C=O) groups excluding carboxylic acids is 4. The maximum atomic E-state index is 16.6. The zero-order valence-electron chi connectivity index (χ0n) is 38.5. The van der Waals surface area contributed by atoms with Gasteiger partial charge < -0.3 is 26.2 Å². The fraction of sp³-hybridized carbons (Fsp3) is 0.740. The van der Waals surface area contributed by atoms with Crippen LogP contribution in [0.5, 0.6) is 0 Å². The number of allylic oxidation sites excluding steroid dienone is 2. The van der Waals surface area contributed by atoms with E-state index >= 15 is 4.39 Å². The standard InChI is InChI=1S/C50H71ClFN3O7/c1-28(2)39-34(56)25-49(26-38(57)55-50(52,22-23-53)27-54-41(58)29-10-12-30(51)13-11-29)21-20-47(8)31(40(39)49)14-15-36-46(7)18-17-37(45(5,6)35(46)16-19-48(36,47)9)62-43(61)33-24-32(42(59)60)44(33,3)4/h10-13,28,31-33,35-37H,14-27,53H2,1-9H3,(H,54,58)(H,55,57)(H,59,60)/t31-,32+,33-,35+,36-,37+,46+,47-,48-,49+,50?/m1/s1. The molecule has 10 nitrogen and oxygen atoms in total. The summed E-state index contributed by atoms with van der Waals surface area (Å²) in [6.07, 6.45) is 7.17. The molecular weight excluding hydrogens is 809 g/mol. The minimum Gasteiger partial charge on any atom is -0.481 e. The van der Waals surface area contributed by atoms with E-state index in [1.54, 1.807) is 24.3 Å². The number of fused-ring (bicyclic) bond motifs is 7. The van der Waals surface area contributed by atoms with Gasteiger partial charge in [0.2, 0.25) is 11.7 Å². The van der Waals surface area contributed by atoms with Gasteiger partial charge in [0.25, 0.3) is 5.91 Å². The molecule has 6 aliphatic carbocycles. The zero-order chi connectivity index (χ0) is 45.6. The number of carbonyl (C=O) groups is 5. The highest BCUT2D eigenvalue weighted by molar-refractivity contribution is 6.30. The first kappa shape index (κ1) is 46.7. The highest BCUT2D eigenvalue weighted by Gasteiger charge is 2.70. The molecule has 12 heteroatoms. The highest BCUT2D eigenvalue weighted by atomic mass is 35.5. The van der Waals surface area contributed by atoms with E-state index in [1.165, 1.54) is 0 Å². The van der Waals surface area contributed by atoms with Gasteiger partial charge in [0.15, 0.2) is 5.78 Å². The van der Waals surface area contributed by atoms with Gasteiger partial charge in [0, 0.05) is 40.7 Å². The van der Waals surface area contributed by atoms with Gasteiger partial charge in [-0.2, -0.15) is 0 Å². The number of ketones is 1. The van der Waals surface area contributed by atoms with Crippen LogP contribution in [0.25, 0.3) is 0 Å². The normalized spacial score (nSPS) is 37.7. The lowest BCUT2D eigenvalue weighted by atomic mass is 9.33. The van der Waals surface area contributed by atoms with Crippen LogP contribution in [0.3, 0.4) is 0 Å². The number of esters is 1. The fourth-order valence-corrected chi connectivity index (χ4v) is 15.2. The number of hydrogen-bond donors (Lipinski definition) is 4. The summed E-state index contributed by atoms with van der Waals surface area (Å²) in [6.45, 7) is 19.3. The van der Waals surface area contributed by atoms with E-state index in [0.29, 0.717) is 35.3 Å². The number of alkyl halides is 1. The second-order valence-electron chi connectivity index (χ2n) is 22.7. The summed E-state index contributed by atoms with van der Waals surface area (Å²) in [5.74, 6) is -4.48. The van der Waals surface area contributed by atoms with Crippen molar-refractivity contribution in [1.82, 2.24) is 10.6 Å². The van der Waals surface area contributed by atoms with Crippen molar-refractivity contribution < 1.29 is 38.2 Å². The number of aliphatic carboxylic acids is 1. The van der Waals surface area contributed by atoms with Gasteiger partial charge in [-0.1, -0.05) is 79.5 Å². The van der Waals surface area contributed by atoms with Crippen molar-refractivity contribution in [2.75, 3.05) is 13.1 Å². The summed E-state index contributed by atoms with van der Waals surface area (Å²) in [5.41, 5.74) is 6.28. The molecule has 5 N–H and O–H groups in total. The predicted octanol–water partition coefficient (Wildman–Crippen LogP) is 9.23. The van der Waals surface area contributed by atoms with Crippen LogP contribution in [-0.4, -0.2) is 59.6 Å². The number of rotatable bonds is 12. The maximum Gasteiger partial charge on any atom is 0.309 e. The zero-order valence-corrected chi connectivity index (χ0v) is 39.2. The Bertz CT molecular complexity index is 2030. The minimum atomic E-state index is -2.29. The molecule has 1 unspecified atom stereocenters. The third kappa shape index (κ3) is 7.35. The molecule has 5 fully saturated rings. The molecule has 0 aliphatic heterocycles. The Labute approximate surface area is 372 Å². The van der Waals surface area contributed by atoms with Crippen molar-refractivity contribution >= 4 is 41.1 Å². The highest BCUT2D eigenvalue weighted by Crippen LogP contribution is 2.77. The van der Waals surface area contributed by atoms with E-state index < -0.39 is 52.8 Å². The number of carboxylic acids is 1. The molecule has 0 radical (unpaired) electrons. The third-order valence-corrected chi connectivity index (χ3v) is 18.9. The summed E-state index contributed by atoms with van der Waals surface area (Å²) in [4.78, 5) is 66.8. The lowest BCUT2D eigenvalue weighted by molar-refractivity contribution is -0.236. The Balaban J connectivity index is 1.10. The van der Waals surface area contributed by atoms with Gasteiger partial charge >= 0.3 is 11.9 Å². The summed E-state index contributed by atoms with van der Waals surface area (Å²) >= 11 is 5.98. The second-order valence-corrected chi connectivity index (χ2v) is 23.1. The lowest BCUT2D eigenvalue weighted by Crippen LogP contribution is -2.66. The van der Waals surface area contributed by atoms with Gasteiger partial charge in [0.1, 0.15) is 6.10 Å². The second kappa shape index (κ2) is 16.0. The van der Waals surface area contributed by atoms with E-state index in [1.807, 2.05) is 13.8 Å². The molecule has 0 spiro atoms. The Morgan fingerprint density at radius 2 is 1.58 bits per heavy atom. The topological polar surface area (TPSA) is 165 Å². The fourth-order valence-electron chi connectivity index (χ4n) is 15.1. The molecule has 1 aromatic rings. The molecule has 2 amide bonds. The van der Waals surface area contributed by atoms with Gasteiger partial charge in [-0.25, -0.2) is 4.39 Å². The molecule has 0 bridgehead atoms. The number of amides is 2. The minimum absolute atomic E-state index is 0.0108. The summed E-state index contributed by atoms with van der Waals surface area (Å²) in [6, 6.07) is 6.26. The number of nitrogens with one attached hydrogen (secondary N) is 2. The molecule has 342 valence electrons. The summed E-state index contributed by atoms with van der Waals surface area (Å²) < 4.78 is 23.0. The van der Waals surface area contributed by atoms with Crippen LogP contribution < -0.4 is 16.4 Å². The SMILES string of the molecule is CC(C)C1=C2[C@H]3CC[C@@H]4[C@@]5(C)CC[C@H](OC(=O)[C@H]6C[C@@H](C(=O)O)C6(C)C)C(C)(C)[C@@H]5CC[C@@]4(C)[C@]3(C)CC[C@@]2(CC(=O)NC(F)(CCN)CNC(=O)c2ccc(Cl)cc2)CC1=O. The molecule has 62 heavy (non-hydrogen) atoms. The number of hydrogen-bond acceptors (Lipinski definition) is 7. The van der Waals surface area contributed by atoms with Gasteiger partial charge in [-0.15, -0.1) is 0 Å². The van der Waals surface area contributed by atoms with E-state index in [-0.39, 0.29) is 77.2 Å². The summed E-state index contributed by atoms with van der Waals surface area (Å²) in [5, 5.41) is 15.4. The summed E-state index contributed by atoms with van der Waals surface area (Å²) in [7, 11) is 0. The average Bonchev–Trinajstić information content (AvgIpc) is 3.46. The van der Waals surface area contributed by atoms with Crippen LogP contribution in [0.15, 0.2) is 35.4 Å². The largest absolute Gasteiger partial charge is 0.481 e. The molecule has 11 atom stereocenters. The van der Waals surface area contributed by atoms with Gasteiger partial charge in [0.05, 0.1) is 18.4 Å². The Kier molecular flexibility index (Phi) is 12.0. The molecule has 5 saturated carbocycles. The first-order chi connectivity index (χ1) is 28.8. The van der Waals surface area contributed by atoms with Crippen molar-refractivity contribution in [3.8, 4) is 0 Å². The van der Waals surface area contributed by atoms with Crippen LogP contribution in [-0.2, 0) is 23.9 Å². The molecule has 0 heterocycles. The molecule has 7 rings (SSSR count). The van der Waals surface area contributed by atoms with Crippen LogP contribution in [0.2, 0.25) is 5.02 Å². The van der Waals surface area contributed by atoms with Crippen molar-refractivity contribution in [1.29, 1.82) is 0 Å². The number of Topliss-reactive ketones (excluding diaryl/α,β-unsaturated/α-hetero) is 1. The Hall–Kier alpha value is -3.31. The van der Waals surface area contributed by atoms with Gasteiger partial charge in [-0.3, -0.25) is 24.0 Å². The van der Waals surface area contributed by atoms with Crippen molar-refractivity contribution in [3.05, 3.63) is 46.0 Å². The maximum absolute atomic E-state index is 16.6. The molecule has 0 aromatic heterocycles. The van der Waals surface area contributed by atoms with Gasteiger partial charge in [-0.05, 0) is 140 Å². The number of ether oxygens (including phenoxy) is 1. The Morgan fingerprint density at radius 1 is 0.903 bits per heavy atom. The average molecular weight is 881 g/mol. The monoisotopic (exact) mass is 879 g/mol. The predicted molar refractivity (Wildman–Crippen MR) is 236 cm³/mol. The number of benzene rings is 1. The van der Waals surface area contributed by atoms with E-state index in [4.69, 9.17) is 22.1 Å². The Morgan fingerprint density at radius 3 is 2.19 bits per heavy atom. The quantitative estimate of drug-likeness (QED) is 0.119. The smallest absolute Gasteiger partial charge is 0.309 e. The number of nitrogens with two attached hydrogens (primary N) is 1. The van der Waals surface area contributed by atoms with Crippen molar-refractivity contribution in [3.63, 3.8) is 0 Å².